The Balaban J connectivity index is 2.83. The van der Waals surface area contributed by atoms with Crippen molar-refractivity contribution in [2.75, 3.05) is 14.1 Å². The number of imide groups is 1. The molecule has 1 aliphatic rings. The van der Waals surface area contributed by atoms with Crippen LogP contribution in [0.5, 0.6) is 0 Å². The highest BCUT2D eigenvalue weighted by Gasteiger charge is 2.42. The quantitative estimate of drug-likeness (QED) is 0.649. The molecule has 0 aromatic heterocycles. The number of likely N-dealkylation sites (N-methyl/N-ethyl adjacent to an activating group) is 1. The molecule has 1 fully saturated rings. The van der Waals surface area contributed by atoms with Crippen molar-refractivity contribution >= 4 is 11.8 Å². The van der Waals surface area contributed by atoms with Crippen molar-refractivity contribution in [2.24, 2.45) is 0 Å². The Labute approximate surface area is 91.2 Å². The number of hydrogen-bond acceptors (Lipinski definition) is 3. The second kappa shape index (κ2) is 4.75. The molecule has 1 saturated heterocycles. The zero-order valence-electron chi connectivity index (χ0n) is 9.99. The summed E-state index contributed by atoms with van der Waals surface area (Å²) < 4.78 is 0. The van der Waals surface area contributed by atoms with Crippen LogP contribution in [-0.4, -0.2) is 47.8 Å². The zero-order valence-corrected chi connectivity index (χ0v) is 9.99. The van der Waals surface area contributed by atoms with E-state index < -0.39 is 0 Å². The van der Waals surface area contributed by atoms with Gasteiger partial charge in [-0.3, -0.25) is 19.4 Å². The van der Waals surface area contributed by atoms with Crippen molar-refractivity contribution < 1.29 is 9.59 Å². The first kappa shape index (κ1) is 12.2. The van der Waals surface area contributed by atoms with E-state index in [1.54, 1.807) is 0 Å². The topological polar surface area (TPSA) is 40.6 Å². The summed E-state index contributed by atoms with van der Waals surface area (Å²) in [5.74, 6) is -0.0499. The predicted molar refractivity (Wildman–Crippen MR) is 58.3 cm³/mol. The van der Waals surface area contributed by atoms with Gasteiger partial charge in [-0.05, 0) is 26.9 Å². The van der Waals surface area contributed by atoms with E-state index in [2.05, 4.69) is 0 Å². The molecule has 0 radical (unpaired) electrons. The van der Waals surface area contributed by atoms with Crippen LogP contribution in [0, 0.1) is 0 Å². The van der Waals surface area contributed by atoms with Gasteiger partial charge in [-0.25, -0.2) is 0 Å². The Hall–Kier alpha value is -0.900. The highest BCUT2D eigenvalue weighted by Crippen LogP contribution is 2.22. The Morgan fingerprint density at radius 3 is 2.20 bits per heavy atom. The molecule has 1 atom stereocenters. The molecule has 2 amide bonds. The van der Waals surface area contributed by atoms with Crippen LogP contribution in [0.2, 0.25) is 0 Å². The fraction of sp³-hybridized carbons (Fsp3) is 0.818. The Morgan fingerprint density at radius 2 is 1.87 bits per heavy atom. The van der Waals surface area contributed by atoms with E-state index >= 15 is 0 Å². The highest BCUT2D eigenvalue weighted by molar-refractivity contribution is 6.05. The minimum absolute atomic E-state index is 0.0209. The average Bonchev–Trinajstić information content (AvgIpc) is 2.47. The number of carbonyl (C=O) groups is 2. The Morgan fingerprint density at radius 1 is 1.33 bits per heavy atom. The molecule has 0 bridgehead atoms. The number of carbonyl (C=O) groups excluding carboxylic acids is 2. The van der Waals surface area contributed by atoms with Gasteiger partial charge in [-0.1, -0.05) is 13.8 Å². The van der Waals surface area contributed by atoms with Gasteiger partial charge in [0, 0.05) is 6.04 Å². The maximum Gasteiger partial charge on any atom is 0.247 e. The van der Waals surface area contributed by atoms with Gasteiger partial charge in [0.15, 0.2) is 0 Å². The maximum absolute atomic E-state index is 12.0. The molecule has 0 N–H and O–H groups in total. The average molecular weight is 212 g/mol. The fourth-order valence-corrected chi connectivity index (χ4v) is 2.08. The van der Waals surface area contributed by atoms with E-state index in [9.17, 15) is 9.59 Å². The summed E-state index contributed by atoms with van der Waals surface area (Å²) in [7, 11) is 3.68. The minimum Gasteiger partial charge on any atom is -0.298 e. The largest absolute Gasteiger partial charge is 0.298 e. The third-order valence-corrected chi connectivity index (χ3v) is 3.09. The molecule has 1 aliphatic heterocycles. The van der Waals surface area contributed by atoms with Crippen LogP contribution in [0.3, 0.4) is 0 Å². The van der Waals surface area contributed by atoms with Crippen molar-refractivity contribution in [1.29, 1.82) is 0 Å². The van der Waals surface area contributed by atoms with Crippen LogP contribution in [0.1, 0.15) is 33.1 Å². The van der Waals surface area contributed by atoms with E-state index in [1.165, 1.54) is 4.90 Å². The molecule has 4 heteroatoms. The number of rotatable bonds is 4. The van der Waals surface area contributed by atoms with Gasteiger partial charge in [0.1, 0.15) is 0 Å². The van der Waals surface area contributed by atoms with Crippen molar-refractivity contribution in [3.63, 3.8) is 0 Å². The number of nitrogens with zero attached hydrogens (tertiary/aromatic N) is 2. The van der Waals surface area contributed by atoms with Gasteiger partial charge in [-0.15, -0.1) is 0 Å². The second-order valence-electron chi connectivity index (χ2n) is 4.26. The zero-order chi connectivity index (χ0) is 11.6. The molecule has 0 spiro atoms. The molecule has 86 valence electrons. The lowest BCUT2D eigenvalue weighted by molar-refractivity contribution is -0.142. The minimum atomic E-state index is -0.252. The molecule has 0 aliphatic carbocycles. The molecule has 0 aromatic rings. The summed E-state index contributed by atoms with van der Waals surface area (Å²) in [6.45, 7) is 4.02. The van der Waals surface area contributed by atoms with E-state index in [1.807, 2.05) is 32.8 Å². The molecule has 1 heterocycles. The van der Waals surface area contributed by atoms with E-state index in [4.69, 9.17) is 0 Å². The summed E-state index contributed by atoms with van der Waals surface area (Å²) in [5, 5.41) is 0. The van der Waals surface area contributed by atoms with Crippen LogP contribution in [0.15, 0.2) is 0 Å². The molecule has 1 rings (SSSR count). The van der Waals surface area contributed by atoms with Crippen LogP contribution in [0.25, 0.3) is 0 Å². The van der Waals surface area contributed by atoms with Gasteiger partial charge in [0.05, 0.1) is 12.5 Å². The van der Waals surface area contributed by atoms with E-state index in [-0.39, 0.29) is 23.9 Å². The first-order valence-corrected chi connectivity index (χ1v) is 5.55. The van der Waals surface area contributed by atoms with Crippen molar-refractivity contribution in [2.45, 2.75) is 45.2 Å². The van der Waals surface area contributed by atoms with Gasteiger partial charge in [-0.2, -0.15) is 0 Å². The smallest absolute Gasteiger partial charge is 0.247 e. The normalized spacial score (nSPS) is 22.3. The van der Waals surface area contributed by atoms with Crippen LogP contribution in [0.4, 0.5) is 0 Å². The third kappa shape index (κ3) is 2.20. The monoisotopic (exact) mass is 212 g/mol. The lowest BCUT2D eigenvalue weighted by Gasteiger charge is -2.25. The fourth-order valence-electron chi connectivity index (χ4n) is 2.08. The molecular formula is C11H20N2O2. The maximum atomic E-state index is 12.0. The molecule has 4 nitrogen and oxygen atoms in total. The number of likely N-dealkylation sites (tertiary alicyclic amines) is 1. The molecule has 0 aromatic carbocycles. The van der Waals surface area contributed by atoms with E-state index in [0.29, 0.717) is 6.42 Å². The summed E-state index contributed by atoms with van der Waals surface area (Å²) in [6, 6.07) is -0.173. The van der Waals surface area contributed by atoms with Crippen molar-refractivity contribution in [3.8, 4) is 0 Å². The molecule has 15 heavy (non-hydrogen) atoms. The van der Waals surface area contributed by atoms with Crippen LogP contribution >= 0.6 is 0 Å². The Bertz CT molecular complexity index is 259. The summed E-state index contributed by atoms with van der Waals surface area (Å²) >= 11 is 0. The van der Waals surface area contributed by atoms with Gasteiger partial charge in [0.25, 0.3) is 0 Å². The van der Waals surface area contributed by atoms with Crippen molar-refractivity contribution in [3.05, 3.63) is 0 Å². The van der Waals surface area contributed by atoms with Gasteiger partial charge < -0.3 is 0 Å². The van der Waals surface area contributed by atoms with Crippen LogP contribution < -0.4 is 0 Å². The lowest BCUT2D eigenvalue weighted by Crippen LogP contribution is -2.43. The Kier molecular flexibility index (Phi) is 3.85. The first-order chi connectivity index (χ1) is 7.02. The summed E-state index contributed by atoms with van der Waals surface area (Å²) in [6.07, 6.45) is 2.02. The van der Waals surface area contributed by atoms with Crippen molar-refractivity contribution in [1.82, 2.24) is 9.80 Å². The van der Waals surface area contributed by atoms with Gasteiger partial charge >= 0.3 is 0 Å². The first-order valence-electron chi connectivity index (χ1n) is 5.55. The van der Waals surface area contributed by atoms with E-state index in [0.717, 1.165) is 12.8 Å². The predicted octanol–water partition coefficient (Wildman–Crippen LogP) is 0.864. The second-order valence-corrected chi connectivity index (χ2v) is 4.26. The number of hydrogen-bond donors (Lipinski definition) is 0. The summed E-state index contributed by atoms with van der Waals surface area (Å²) in [4.78, 5) is 27.0. The SMILES string of the molecule is CCC(CC)N1C(=O)CC(N(C)C)C1=O. The summed E-state index contributed by atoms with van der Waals surface area (Å²) in [5.41, 5.74) is 0. The number of amides is 2. The molecular weight excluding hydrogens is 192 g/mol. The third-order valence-electron chi connectivity index (χ3n) is 3.09. The van der Waals surface area contributed by atoms with Gasteiger partial charge in [0.2, 0.25) is 11.8 Å². The molecule has 1 unspecified atom stereocenters. The molecule has 0 saturated carbocycles. The van der Waals surface area contributed by atoms with Crippen LogP contribution in [-0.2, 0) is 9.59 Å². The lowest BCUT2D eigenvalue weighted by atomic mass is 10.1. The standard InChI is InChI=1S/C11H20N2O2/c1-5-8(6-2)13-10(14)7-9(11(13)15)12(3)4/h8-9H,5-7H2,1-4H3. The highest BCUT2D eigenvalue weighted by atomic mass is 16.2.